The fourth-order valence-corrected chi connectivity index (χ4v) is 3.41. The highest BCUT2D eigenvalue weighted by Gasteiger charge is 2.29. The highest BCUT2D eigenvalue weighted by molar-refractivity contribution is 7.79. The molecule has 1 heterocycles. The molecule has 0 atom stereocenters. The zero-order chi connectivity index (χ0) is 18.0. The number of aromatic nitrogens is 1. The van der Waals surface area contributed by atoms with Gasteiger partial charge in [-0.1, -0.05) is 68.7 Å². The van der Waals surface area contributed by atoms with Crippen LogP contribution >= 0.6 is 0 Å². The summed E-state index contributed by atoms with van der Waals surface area (Å²) in [5, 5.41) is 0. The van der Waals surface area contributed by atoms with Crippen molar-refractivity contribution in [3.63, 3.8) is 0 Å². The predicted octanol–water partition coefficient (Wildman–Crippen LogP) is 4.37. The minimum absolute atomic E-state index is 0.0693. The summed E-state index contributed by atoms with van der Waals surface area (Å²) in [5.41, 5.74) is -0.336. The van der Waals surface area contributed by atoms with Crippen LogP contribution in [0.3, 0.4) is 0 Å². The zero-order valence-corrected chi connectivity index (χ0v) is 15.1. The molecule has 7 heteroatoms. The van der Waals surface area contributed by atoms with Gasteiger partial charge >= 0.3 is 10.3 Å². The van der Waals surface area contributed by atoms with Crippen molar-refractivity contribution in [1.82, 2.24) is 0 Å². The molecule has 0 aromatic carbocycles. The topological polar surface area (TPSA) is 58.2 Å². The lowest BCUT2D eigenvalue weighted by atomic mass is 10.0. The van der Waals surface area contributed by atoms with Crippen molar-refractivity contribution in [3.8, 4) is 0 Å². The molecule has 1 rings (SSSR count). The van der Waals surface area contributed by atoms with Crippen LogP contribution in [0.2, 0.25) is 0 Å². The first-order chi connectivity index (χ1) is 11.4. The molecule has 0 aliphatic rings. The summed E-state index contributed by atoms with van der Waals surface area (Å²) in [6.07, 6.45) is 11.8. The average molecular weight is 364 g/mol. The van der Waals surface area contributed by atoms with Crippen molar-refractivity contribution in [1.29, 1.82) is 0 Å². The third kappa shape index (κ3) is 7.21. The van der Waals surface area contributed by atoms with E-state index in [1.54, 1.807) is 0 Å². The number of nitrogens with zero attached hydrogens (tertiary/aromatic N) is 1. The lowest BCUT2D eigenvalue weighted by molar-refractivity contribution is -0.531. The molecule has 1 N–H and O–H groups in total. The van der Waals surface area contributed by atoms with Crippen LogP contribution in [0.15, 0.2) is 12.3 Å². The fraction of sp³-hybridized carbons (Fsp3) is 0.706. The van der Waals surface area contributed by atoms with Crippen LogP contribution in [0, 0.1) is 11.6 Å². The van der Waals surface area contributed by atoms with E-state index in [-0.39, 0.29) is 12.1 Å². The normalized spacial score (nSPS) is 11.8. The number of rotatable bonds is 12. The van der Waals surface area contributed by atoms with Crippen molar-refractivity contribution in [2.24, 2.45) is 0 Å². The first kappa shape index (κ1) is 21.0. The third-order valence-electron chi connectivity index (χ3n) is 4.10. The van der Waals surface area contributed by atoms with E-state index in [1.807, 2.05) is 0 Å². The number of halogens is 2. The predicted molar refractivity (Wildman–Crippen MR) is 89.0 cm³/mol. The van der Waals surface area contributed by atoms with E-state index in [4.69, 9.17) is 4.55 Å². The molecule has 0 spiro atoms. The van der Waals surface area contributed by atoms with Gasteiger partial charge in [-0.2, -0.15) is 4.39 Å². The molecule has 0 aliphatic heterocycles. The maximum atomic E-state index is 13.8. The molecule has 0 fully saturated rings. The molecule has 0 aliphatic carbocycles. The van der Waals surface area contributed by atoms with Gasteiger partial charge in [-0.3, -0.25) is 0 Å². The number of unbranched alkanes of at least 4 members (excludes halogenated alkanes) is 9. The summed E-state index contributed by atoms with van der Waals surface area (Å²) in [6, 6.07) is 0.686. The van der Waals surface area contributed by atoms with E-state index in [0.29, 0.717) is 16.5 Å². The minimum atomic E-state index is -4.63. The van der Waals surface area contributed by atoms with E-state index >= 15 is 0 Å². The van der Waals surface area contributed by atoms with Crippen molar-refractivity contribution in [3.05, 3.63) is 29.6 Å². The van der Waals surface area contributed by atoms with Crippen LogP contribution in [-0.2, 0) is 16.7 Å². The number of pyridine rings is 1. The summed E-state index contributed by atoms with van der Waals surface area (Å²) >= 11 is 0. The minimum Gasteiger partial charge on any atom is -0.233 e. The first-order valence-electron chi connectivity index (χ1n) is 8.74. The maximum absolute atomic E-state index is 13.8. The maximum Gasteiger partial charge on any atom is 0.511 e. The molecule has 0 saturated heterocycles. The van der Waals surface area contributed by atoms with Crippen molar-refractivity contribution < 1.29 is 25.7 Å². The van der Waals surface area contributed by atoms with Gasteiger partial charge in [0.1, 0.15) is 0 Å². The van der Waals surface area contributed by atoms with Gasteiger partial charge in [-0.05, 0) is 6.42 Å². The van der Waals surface area contributed by atoms with E-state index in [2.05, 4.69) is 6.92 Å². The standard InChI is InChI=1S/C17H27F2NO3S/c1-2-3-4-5-6-7-8-9-10-11-12-16-17(19)15(18)13-14-20(16)24(21,22)23/h13-14H,2-12H2,1H3/p+1. The molecule has 24 heavy (non-hydrogen) atoms. The molecule has 1 aromatic heterocycles. The van der Waals surface area contributed by atoms with Gasteiger partial charge in [0, 0.05) is 12.5 Å². The highest BCUT2D eigenvalue weighted by Crippen LogP contribution is 2.14. The Morgan fingerprint density at radius 2 is 1.46 bits per heavy atom. The van der Waals surface area contributed by atoms with E-state index in [0.717, 1.165) is 25.5 Å². The number of hydrogen-bond donors (Lipinski definition) is 1. The molecule has 0 unspecified atom stereocenters. The van der Waals surface area contributed by atoms with Crippen LogP contribution in [-0.4, -0.2) is 13.0 Å². The Bertz CT molecular complexity index is 606. The van der Waals surface area contributed by atoms with Crippen LogP contribution < -0.4 is 3.97 Å². The van der Waals surface area contributed by atoms with E-state index in [9.17, 15) is 17.2 Å². The van der Waals surface area contributed by atoms with Gasteiger partial charge in [-0.15, -0.1) is 8.42 Å². The molecular weight excluding hydrogens is 336 g/mol. The van der Waals surface area contributed by atoms with Gasteiger partial charge in [0.05, 0.1) is 0 Å². The number of hydrogen-bond acceptors (Lipinski definition) is 2. The Kier molecular flexibility index (Phi) is 9.36. The summed E-state index contributed by atoms with van der Waals surface area (Å²) < 4.78 is 59.0. The van der Waals surface area contributed by atoms with Gasteiger partial charge < -0.3 is 0 Å². The summed E-state index contributed by atoms with van der Waals surface area (Å²) in [5.74, 6) is -2.33. The molecular formula is C17H28F2NO3S+. The summed E-state index contributed by atoms with van der Waals surface area (Å²) in [6.45, 7) is 2.19. The summed E-state index contributed by atoms with van der Waals surface area (Å²) in [4.78, 5) is 0. The lowest BCUT2D eigenvalue weighted by Crippen LogP contribution is -2.46. The second-order valence-electron chi connectivity index (χ2n) is 6.13. The highest BCUT2D eigenvalue weighted by atomic mass is 32.2. The molecule has 0 radical (unpaired) electrons. The first-order valence-corrected chi connectivity index (χ1v) is 10.1. The lowest BCUT2D eigenvalue weighted by Gasteiger charge is -2.04. The van der Waals surface area contributed by atoms with Crippen LogP contribution in [0.5, 0.6) is 0 Å². The SMILES string of the molecule is CCCCCCCCCCCCc1c(F)c(F)cc[n+]1S(=O)(=O)O. The molecule has 4 nitrogen and oxygen atoms in total. The Labute approximate surface area is 143 Å². The van der Waals surface area contributed by atoms with Crippen molar-refractivity contribution >= 4 is 10.3 Å². The van der Waals surface area contributed by atoms with E-state index in [1.165, 1.54) is 38.5 Å². The molecule has 1 aromatic rings. The Morgan fingerprint density at radius 3 is 1.96 bits per heavy atom. The van der Waals surface area contributed by atoms with E-state index < -0.39 is 21.9 Å². The molecule has 0 saturated carbocycles. The Morgan fingerprint density at radius 1 is 0.958 bits per heavy atom. The van der Waals surface area contributed by atoms with Crippen LogP contribution in [0.1, 0.15) is 76.8 Å². The van der Waals surface area contributed by atoms with Gasteiger partial charge in [0.15, 0.2) is 12.0 Å². The fourth-order valence-electron chi connectivity index (χ4n) is 2.75. The molecule has 0 amide bonds. The Balaban J connectivity index is 2.37. The van der Waals surface area contributed by atoms with Gasteiger partial charge in [-0.25, -0.2) is 8.94 Å². The quantitative estimate of drug-likeness (QED) is 0.340. The van der Waals surface area contributed by atoms with Crippen molar-refractivity contribution in [2.75, 3.05) is 0 Å². The second kappa shape index (κ2) is 10.7. The summed E-state index contributed by atoms with van der Waals surface area (Å²) in [7, 11) is -4.63. The largest absolute Gasteiger partial charge is 0.511 e. The van der Waals surface area contributed by atoms with Crippen LogP contribution in [0.4, 0.5) is 8.78 Å². The Hall–Kier alpha value is -1.08. The van der Waals surface area contributed by atoms with Gasteiger partial charge in [0.25, 0.3) is 0 Å². The average Bonchev–Trinajstić information content (AvgIpc) is 2.51. The smallest absolute Gasteiger partial charge is 0.233 e. The molecule has 138 valence electrons. The van der Waals surface area contributed by atoms with Crippen LogP contribution in [0.25, 0.3) is 0 Å². The zero-order valence-electron chi connectivity index (χ0n) is 14.3. The van der Waals surface area contributed by atoms with Gasteiger partial charge in [0.2, 0.25) is 11.5 Å². The monoisotopic (exact) mass is 364 g/mol. The second-order valence-corrected chi connectivity index (χ2v) is 7.42. The molecule has 0 bridgehead atoms. The third-order valence-corrected chi connectivity index (χ3v) is 4.94. The van der Waals surface area contributed by atoms with Crippen molar-refractivity contribution in [2.45, 2.75) is 77.6 Å².